The zero-order chi connectivity index (χ0) is 23.4. The van der Waals surface area contributed by atoms with Crippen LogP contribution >= 0.6 is 0 Å². The lowest BCUT2D eigenvalue weighted by Gasteiger charge is -2.18. The second-order valence-electron chi connectivity index (χ2n) is 10.6. The maximum Gasteiger partial charge on any atom is 0.0809 e. The molecule has 2 aliphatic rings. The summed E-state index contributed by atoms with van der Waals surface area (Å²) in [6.07, 6.45) is 7.89. The number of fused-ring (bicyclic) bond motifs is 4. The lowest BCUT2D eigenvalue weighted by molar-refractivity contribution is 1.38. The van der Waals surface area contributed by atoms with Gasteiger partial charge in [0.05, 0.1) is 16.6 Å². The first-order valence-corrected chi connectivity index (χ1v) is 12.4. The number of hydrogen-bond acceptors (Lipinski definition) is 3. The van der Waals surface area contributed by atoms with Crippen LogP contribution in [-0.2, 0) is 12.8 Å². The van der Waals surface area contributed by atoms with Gasteiger partial charge in [0.25, 0.3) is 0 Å². The molecule has 0 amide bonds. The predicted molar refractivity (Wildman–Crippen MR) is 150 cm³/mol. The molecule has 0 fully saturated rings. The van der Waals surface area contributed by atoms with E-state index in [1.165, 1.54) is 70.7 Å². The summed E-state index contributed by atoms with van der Waals surface area (Å²) in [6, 6.07) is 13.6. The first kappa shape index (κ1) is 17.8. The number of allylic oxidation sites excluding steroid dienone is 2. The zero-order valence-corrected chi connectivity index (χ0v) is 19.4. The van der Waals surface area contributed by atoms with E-state index in [0.717, 1.165) is 51.3 Å². The smallest absolute Gasteiger partial charge is 0.0809 e. The van der Waals surface area contributed by atoms with Gasteiger partial charge in [-0.05, 0) is 56.7 Å². The van der Waals surface area contributed by atoms with Crippen molar-refractivity contribution in [2.75, 3.05) is 0 Å². The van der Waals surface area contributed by atoms with Crippen LogP contribution in [-0.4, -0.2) is 15.0 Å². The van der Waals surface area contributed by atoms with E-state index in [9.17, 15) is 0 Å². The summed E-state index contributed by atoms with van der Waals surface area (Å²) >= 11 is 0. The average Bonchev–Trinajstić information content (AvgIpc) is 3.42. The van der Waals surface area contributed by atoms with Crippen LogP contribution in [0.1, 0.15) is 22.3 Å². The van der Waals surface area contributed by atoms with E-state index in [1.54, 1.807) is 0 Å². The van der Waals surface area contributed by atoms with Crippen molar-refractivity contribution in [1.82, 2.24) is 15.0 Å². The number of aromatic nitrogens is 3. The van der Waals surface area contributed by atoms with Crippen molar-refractivity contribution < 1.29 is 0 Å². The van der Waals surface area contributed by atoms with Crippen molar-refractivity contribution in [1.29, 1.82) is 0 Å². The van der Waals surface area contributed by atoms with Crippen molar-refractivity contribution in [3.63, 3.8) is 0 Å². The van der Waals surface area contributed by atoms with Gasteiger partial charge < -0.3 is 0 Å². The number of hydrogen-bond donors (Lipinski definition) is 0. The van der Waals surface area contributed by atoms with Crippen molar-refractivity contribution in [3.05, 3.63) is 90.4 Å². The minimum atomic E-state index is 0.897. The Labute approximate surface area is 205 Å². The fourth-order valence-corrected chi connectivity index (χ4v) is 7.42. The molecule has 164 valence electrons. The third-order valence-electron chi connectivity index (χ3n) is 8.90. The van der Waals surface area contributed by atoms with E-state index in [4.69, 9.17) is 15.0 Å². The highest BCUT2D eigenvalue weighted by molar-refractivity contribution is 6.41. The van der Waals surface area contributed by atoms with Crippen molar-refractivity contribution >= 4 is 86.9 Å². The van der Waals surface area contributed by atoms with Crippen LogP contribution < -0.4 is 0 Å². The lowest BCUT2D eigenvalue weighted by atomic mass is 9.87. The zero-order valence-electron chi connectivity index (χ0n) is 19.4. The standard InChI is InChI=1S/C33H17N3/c1-14-9-16-3-5-19-18-7-8-21-30-27(18)24(33-28(19)25(16)22(14)12-35-33)13-36-32(30)20-6-4-17-10-15(2)23-11-34-31(21)29(20)26(17)23/h3-8,11-13H,1-2,9-10H2. The highest BCUT2D eigenvalue weighted by Gasteiger charge is 2.27. The third kappa shape index (κ3) is 1.72. The normalized spacial score (nSPS) is 15.1. The van der Waals surface area contributed by atoms with Crippen LogP contribution in [0.15, 0.2) is 68.1 Å². The van der Waals surface area contributed by atoms with Crippen LogP contribution in [0, 0.1) is 0 Å². The van der Waals surface area contributed by atoms with E-state index in [0.29, 0.717) is 0 Å². The van der Waals surface area contributed by atoms with Gasteiger partial charge in [0.2, 0.25) is 0 Å². The molecule has 0 aliphatic heterocycles. The second kappa shape index (κ2) is 5.44. The Hall–Kier alpha value is -4.63. The van der Waals surface area contributed by atoms with Crippen LogP contribution in [0.2, 0.25) is 0 Å². The van der Waals surface area contributed by atoms with Gasteiger partial charge in [-0.1, -0.05) is 49.6 Å². The van der Waals surface area contributed by atoms with E-state index in [2.05, 4.69) is 55.8 Å². The lowest BCUT2D eigenvalue weighted by Crippen LogP contribution is -1.96. The van der Waals surface area contributed by atoms with Gasteiger partial charge in [0.1, 0.15) is 0 Å². The average molecular weight is 456 g/mol. The molecule has 5 aromatic carbocycles. The van der Waals surface area contributed by atoms with Crippen LogP contribution in [0.3, 0.4) is 0 Å². The Morgan fingerprint density at radius 3 is 1.56 bits per heavy atom. The minimum absolute atomic E-state index is 0.897. The molecular weight excluding hydrogens is 438 g/mol. The molecule has 0 N–H and O–H groups in total. The first-order chi connectivity index (χ1) is 17.7. The molecule has 3 heterocycles. The number of benzene rings is 5. The van der Waals surface area contributed by atoms with E-state index >= 15 is 0 Å². The van der Waals surface area contributed by atoms with Crippen molar-refractivity contribution in [2.45, 2.75) is 12.8 Å². The highest BCUT2D eigenvalue weighted by Crippen LogP contribution is 2.50. The quantitative estimate of drug-likeness (QED) is 0.172. The Morgan fingerprint density at radius 1 is 0.444 bits per heavy atom. The largest absolute Gasteiger partial charge is 0.255 e. The van der Waals surface area contributed by atoms with E-state index < -0.39 is 0 Å². The molecule has 3 heteroatoms. The summed E-state index contributed by atoms with van der Waals surface area (Å²) in [5.74, 6) is 0. The van der Waals surface area contributed by atoms with Gasteiger partial charge in [-0.2, -0.15) is 0 Å². The molecule has 2 aliphatic carbocycles. The van der Waals surface area contributed by atoms with Crippen LogP contribution in [0.5, 0.6) is 0 Å². The maximum atomic E-state index is 5.13. The fourth-order valence-electron chi connectivity index (χ4n) is 7.42. The van der Waals surface area contributed by atoms with Gasteiger partial charge in [-0.3, -0.25) is 15.0 Å². The Balaban J connectivity index is 1.52. The van der Waals surface area contributed by atoms with Crippen LogP contribution in [0.4, 0.5) is 0 Å². The molecule has 0 atom stereocenters. The van der Waals surface area contributed by atoms with Crippen molar-refractivity contribution in [2.24, 2.45) is 0 Å². The van der Waals surface area contributed by atoms with Gasteiger partial charge in [0, 0.05) is 67.4 Å². The fraction of sp³-hybridized carbons (Fsp3) is 0.0606. The topological polar surface area (TPSA) is 38.7 Å². The molecule has 0 radical (unpaired) electrons. The highest BCUT2D eigenvalue weighted by atomic mass is 14.7. The Bertz CT molecular complexity index is 2150. The van der Waals surface area contributed by atoms with Crippen molar-refractivity contribution in [3.8, 4) is 0 Å². The Morgan fingerprint density at radius 2 is 0.889 bits per heavy atom. The predicted octanol–water partition coefficient (Wildman–Crippen LogP) is 7.96. The second-order valence-corrected chi connectivity index (χ2v) is 10.6. The summed E-state index contributed by atoms with van der Waals surface area (Å²) in [5, 5.41) is 13.5. The molecule has 0 unspecified atom stereocenters. The molecular formula is C33H17N3. The molecule has 10 rings (SSSR count). The molecule has 8 aromatic rings. The number of nitrogens with zero attached hydrogens (tertiary/aromatic N) is 3. The SMILES string of the molecule is C=C1Cc2ccc3c4ccc5c6ncc7c8c(ccc(c9ncc(c%10ncc1c2c3%10)c4c59)c86)CC7=C. The van der Waals surface area contributed by atoms with E-state index in [1.807, 2.05) is 12.4 Å². The molecule has 3 aromatic heterocycles. The summed E-state index contributed by atoms with van der Waals surface area (Å²) in [5.41, 5.74) is 10.5. The molecule has 3 nitrogen and oxygen atoms in total. The van der Waals surface area contributed by atoms with Gasteiger partial charge in [0.15, 0.2) is 0 Å². The molecule has 0 spiro atoms. The monoisotopic (exact) mass is 455 g/mol. The summed E-state index contributed by atoms with van der Waals surface area (Å²) < 4.78 is 0. The summed E-state index contributed by atoms with van der Waals surface area (Å²) in [4.78, 5) is 15.2. The first-order valence-electron chi connectivity index (χ1n) is 12.4. The minimum Gasteiger partial charge on any atom is -0.255 e. The molecule has 0 saturated carbocycles. The Kier molecular flexibility index (Phi) is 2.68. The maximum absolute atomic E-state index is 5.13. The number of rotatable bonds is 0. The number of pyridine rings is 3. The summed E-state index contributed by atoms with van der Waals surface area (Å²) in [7, 11) is 0. The molecule has 36 heavy (non-hydrogen) atoms. The summed E-state index contributed by atoms with van der Waals surface area (Å²) in [6.45, 7) is 8.63. The van der Waals surface area contributed by atoms with E-state index in [-0.39, 0.29) is 0 Å². The van der Waals surface area contributed by atoms with Gasteiger partial charge in [-0.25, -0.2) is 0 Å². The molecule has 0 saturated heterocycles. The van der Waals surface area contributed by atoms with Gasteiger partial charge >= 0.3 is 0 Å². The van der Waals surface area contributed by atoms with Crippen LogP contribution in [0.25, 0.3) is 86.9 Å². The van der Waals surface area contributed by atoms with Gasteiger partial charge in [-0.15, -0.1) is 0 Å². The molecule has 0 bridgehead atoms. The third-order valence-corrected chi connectivity index (χ3v) is 8.90.